The number of ether oxygens (including phenoxy) is 1. The number of esters is 1. The van der Waals surface area contributed by atoms with Gasteiger partial charge in [0.2, 0.25) is 11.6 Å². The first kappa shape index (κ1) is 19.4. The Morgan fingerprint density at radius 3 is 2.17 bits per heavy atom. The monoisotopic (exact) mass is 418 g/mol. The number of carbonyl (C=O) groups excluding carboxylic acids is 1. The quantitative estimate of drug-likeness (QED) is 0.345. The van der Waals surface area contributed by atoms with Gasteiger partial charge in [0, 0.05) is 5.02 Å². The van der Waals surface area contributed by atoms with Crippen LogP contribution < -0.4 is 10.3 Å². The highest BCUT2D eigenvalue weighted by Crippen LogP contribution is 2.26. The molecule has 0 saturated carbocycles. The summed E-state index contributed by atoms with van der Waals surface area (Å²) in [7, 11) is 0. The first-order chi connectivity index (χ1) is 14.6. The van der Waals surface area contributed by atoms with Crippen LogP contribution in [0.1, 0.15) is 10.4 Å². The van der Waals surface area contributed by atoms with Gasteiger partial charge in [0.15, 0.2) is 0 Å². The van der Waals surface area contributed by atoms with Crippen LogP contribution in [0.15, 0.2) is 100.0 Å². The van der Waals surface area contributed by atoms with Crippen molar-refractivity contribution in [2.45, 2.75) is 0 Å². The van der Waals surface area contributed by atoms with E-state index in [0.717, 1.165) is 0 Å². The fourth-order valence-electron chi connectivity index (χ4n) is 2.67. The summed E-state index contributed by atoms with van der Waals surface area (Å²) in [5.74, 6) is -0.726. The number of para-hydroxylation sites is 1. The summed E-state index contributed by atoms with van der Waals surface area (Å²) in [4.78, 5) is 25.4. The molecule has 4 rings (SSSR count). The Labute approximate surface area is 176 Å². The first-order valence-corrected chi connectivity index (χ1v) is 9.34. The smallest absolute Gasteiger partial charge is 0.344 e. The second kappa shape index (κ2) is 8.59. The third-order valence-electron chi connectivity index (χ3n) is 4.14. The van der Waals surface area contributed by atoms with E-state index in [1.165, 1.54) is 4.68 Å². The van der Waals surface area contributed by atoms with Crippen LogP contribution in [0.25, 0.3) is 5.69 Å². The highest BCUT2D eigenvalue weighted by Gasteiger charge is 2.20. The van der Waals surface area contributed by atoms with Crippen molar-refractivity contribution < 1.29 is 9.53 Å². The predicted molar refractivity (Wildman–Crippen MR) is 113 cm³/mol. The van der Waals surface area contributed by atoms with Gasteiger partial charge in [0.25, 0.3) is 0 Å². The number of rotatable bonds is 5. The lowest BCUT2D eigenvalue weighted by Gasteiger charge is -2.03. The Hall–Kier alpha value is -3.97. The molecule has 1 aromatic heterocycles. The number of hydrogen-bond acceptors (Lipinski definition) is 5. The second-order valence-electron chi connectivity index (χ2n) is 6.20. The molecule has 1 N–H and O–H groups in total. The molecule has 8 heteroatoms. The zero-order chi connectivity index (χ0) is 20.9. The molecular formula is C22H15ClN4O3. The fourth-order valence-corrected chi connectivity index (χ4v) is 2.79. The third kappa shape index (κ3) is 4.21. The molecule has 0 saturated heterocycles. The molecule has 0 radical (unpaired) electrons. The van der Waals surface area contributed by atoms with E-state index in [1.807, 2.05) is 6.07 Å². The molecule has 0 spiro atoms. The molecule has 0 bridgehead atoms. The summed E-state index contributed by atoms with van der Waals surface area (Å²) in [5, 5.41) is 11.5. The van der Waals surface area contributed by atoms with Gasteiger partial charge in [-0.1, -0.05) is 48.0 Å². The van der Waals surface area contributed by atoms with E-state index in [1.54, 1.807) is 78.9 Å². The Morgan fingerprint density at radius 1 is 0.867 bits per heavy atom. The summed E-state index contributed by atoms with van der Waals surface area (Å²) in [6.45, 7) is 0. The maximum atomic E-state index is 12.9. The molecule has 148 valence electrons. The van der Waals surface area contributed by atoms with E-state index in [9.17, 15) is 9.59 Å². The number of aromatic nitrogens is 2. The van der Waals surface area contributed by atoms with Gasteiger partial charge in [-0.2, -0.15) is 5.11 Å². The SMILES string of the molecule is O=C(Oc1[nH]n(-c2ccccc2)c(=O)c1N=Nc1ccc(Cl)cc1)c1ccccc1. The van der Waals surface area contributed by atoms with Crippen molar-refractivity contribution in [3.05, 3.63) is 106 Å². The molecular weight excluding hydrogens is 404 g/mol. The normalized spacial score (nSPS) is 11.0. The lowest BCUT2D eigenvalue weighted by atomic mass is 10.2. The fraction of sp³-hybridized carbons (Fsp3) is 0. The van der Waals surface area contributed by atoms with Crippen LogP contribution in [0.4, 0.5) is 11.4 Å². The lowest BCUT2D eigenvalue weighted by Crippen LogP contribution is -2.13. The largest absolute Gasteiger partial charge is 0.402 e. The van der Waals surface area contributed by atoms with Crippen molar-refractivity contribution in [3.8, 4) is 11.6 Å². The van der Waals surface area contributed by atoms with E-state index in [-0.39, 0.29) is 11.6 Å². The van der Waals surface area contributed by atoms with Gasteiger partial charge in [-0.05, 0) is 48.5 Å². The van der Waals surface area contributed by atoms with Crippen LogP contribution >= 0.6 is 11.6 Å². The van der Waals surface area contributed by atoms with Gasteiger partial charge in [0.1, 0.15) is 0 Å². The average molecular weight is 419 g/mol. The minimum Gasteiger partial charge on any atom is -0.402 e. The summed E-state index contributed by atoms with van der Waals surface area (Å²) in [6.07, 6.45) is 0. The number of azo groups is 1. The number of nitrogens with one attached hydrogen (secondary N) is 1. The van der Waals surface area contributed by atoms with Gasteiger partial charge in [-0.15, -0.1) is 5.11 Å². The van der Waals surface area contributed by atoms with Crippen molar-refractivity contribution in [1.82, 2.24) is 9.78 Å². The molecule has 0 aliphatic rings. The Kier molecular flexibility index (Phi) is 5.54. The topological polar surface area (TPSA) is 88.8 Å². The molecule has 30 heavy (non-hydrogen) atoms. The molecule has 4 aromatic rings. The summed E-state index contributed by atoms with van der Waals surface area (Å²) < 4.78 is 6.67. The van der Waals surface area contributed by atoms with Crippen LogP contribution in [-0.4, -0.2) is 15.7 Å². The summed E-state index contributed by atoms with van der Waals surface area (Å²) >= 11 is 5.88. The number of benzene rings is 3. The van der Waals surface area contributed by atoms with E-state index in [0.29, 0.717) is 22.0 Å². The maximum absolute atomic E-state index is 12.9. The third-order valence-corrected chi connectivity index (χ3v) is 4.40. The minimum absolute atomic E-state index is 0.101. The highest BCUT2D eigenvalue weighted by molar-refractivity contribution is 6.30. The lowest BCUT2D eigenvalue weighted by molar-refractivity contribution is 0.0727. The average Bonchev–Trinajstić information content (AvgIpc) is 3.09. The van der Waals surface area contributed by atoms with Crippen molar-refractivity contribution in [3.63, 3.8) is 0 Å². The van der Waals surface area contributed by atoms with Gasteiger partial charge < -0.3 is 4.74 Å². The molecule has 0 fully saturated rings. The number of nitrogens with zero attached hydrogens (tertiary/aromatic N) is 3. The van der Waals surface area contributed by atoms with E-state index in [2.05, 4.69) is 15.3 Å². The van der Waals surface area contributed by atoms with Gasteiger partial charge in [-0.3, -0.25) is 9.89 Å². The molecule has 3 aromatic carbocycles. The maximum Gasteiger partial charge on any atom is 0.344 e. The van der Waals surface area contributed by atoms with Crippen molar-refractivity contribution >= 4 is 28.9 Å². The van der Waals surface area contributed by atoms with Crippen molar-refractivity contribution in [1.29, 1.82) is 0 Å². The molecule has 0 atom stereocenters. The predicted octanol–water partition coefficient (Wildman–Crippen LogP) is 5.45. The molecule has 1 heterocycles. The number of H-pyrrole nitrogens is 1. The van der Waals surface area contributed by atoms with Gasteiger partial charge in [-0.25, -0.2) is 9.48 Å². The van der Waals surface area contributed by atoms with E-state index < -0.39 is 11.5 Å². The second-order valence-corrected chi connectivity index (χ2v) is 6.63. The van der Waals surface area contributed by atoms with E-state index >= 15 is 0 Å². The zero-order valence-corrected chi connectivity index (χ0v) is 16.3. The summed E-state index contributed by atoms with van der Waals surface area (Å²) in [6, 6.07) is 24.0. The van der Waals surface area contributed by atoms with Crippen LogP contribution in [0, 0.1) is 0 Å². The van der Waals surface area contributed by atoms with Crippen molar-refractivity contribution in [2.75, 3.05) is 0 Å². The molecule has 0 amide bonds. The molecule has 0 aliphatic carbocycles. The van der Waals surface area contributed by atoms with Crippen molar-refractivity contribution in [2.24, 2.45) is 10.2 Å². The number of carbonyl (C=O) groups is 1. The minimum atomic E-state index is -0.625. The zero-order valence-electron chi connectivity index (χ0n) is 15.5. The number of halogens is 1. The Bertz CT molecular complexity index is 1250. The van der Waals surface area contributed by atoms with Crippen LogP contribution in [0.5, 0.6) is 5.88 Å². The molecule has 7 nitrogen and oxygen atoms in total. The Balaban J connectivity index is 1.74. The number of aromatic amines is 1. The standard InChI is InChI=1S/C22H15ClN4O3/c23-16-11-13-17(14-12-16)24-25-19-20(30-22(29)15-7-3-1-4-8-15)26-27(21(19)28)18-9-5-2-6-10-18/h1-14,26H. The number of hydrogen-bond donors (Lipinski definition) is 1. The molecule has 0 unspecified atom stereocenters. The van der Waals surface area contributed by atoms with Gasteiger partial charge in [0.05, 0.1) is 16.9 Å². The summed E-state index contributed by atoms with van der Waals surface area (Å²) in [5.41, 5.74) is 0.762. The Morgan fingerprint density at radius 2 is 1.50 bits per heavy atom. The first-order valence-electron chi connectivity index (χ1n) is 8.97. The van der Waals surface area contributed by atoms with E-state index in [4.69, 9.17) is 16.3 Å². The molecule has 0 aliphatic heterocycles. The van der Waals surface area contributed by atoms with Gasteiger partial charge >= 0.3 is 11.5 Å². The van der Waals surface area contributed by atoms with Crippen LogP contribution in [-0.2, 0) is 0 Å². The highest BCUT2D eigenvalue weighted by atomic mass is 35.5. The van der Waals surface area contributed by atoms with Crippen LogP contribution in [0.2, 0.25) is 5.02 Å². The van der Waals surface area contributed by atoms with Crippen LogP contribution in [0.3, 0.4) is 0 Å².